The van der Waals surface area contributed by atoms with Crippen molar-refractivity contribution in [3.63, 3.8) is 0 Å². The molecule has 2 nitrogen and oxygen atoms in total. The van der Waals surface area contributed by atoms with E-state index in [1.165, 1.54) is 25.1 Å². The molecule has 0 aromatic heterocycles. The van der Waals surface area contributed by atoms with Crippen LogP contribution < -0.4 is 0 Å². The van der Waals surface area contributed by atoms with Gasteiger partial charge in [0.1, 0.15) is 0 Å². The Kier molecular flexibility index (Phi) is 3.18. The molecule has 0 bridgehead atoms. The highest BCUT2D eigenvalue weighted by Crippen LogP contribution is 2.49. The average Bonchev–Trinajstić information content (AvgIpc) is 3.19. The standard InChI is InChI=1S/C15H11ClF3NO/c1-9-20-13-5-4-11(16)8-12(13)14(21-9,15(17,18)19)7-6-10-2-3-10/h4-5,8,10H,2-3H2,1H3/t14-/m0/s1. The third kappa shape index (κ3) is 2.49. The van der Waals surface area contributed by atoms with E-state index in [1.54, 1.807) is 0 Å². The topological polar surface area (TPSA) is 21.6 Å². The highest BCUT2D eigenvalue weighted by atomic mass is 35.5. The van der Waals surface area contributed by atoms with E-state index in [4.69, 9.17) is 16.3 Å². The molecule has 1 aromatic rings. The van der Waals surface area contributed by atoms with E-state index in [9.17, 15) is 13.2 Å². The van der Waals surface area contributed by atoms with Gasteiger partial charge in [-0.1, -0.05) is 17.5 Å². The second-order valence-electron chi connectivity index (χ2n) is 5.12. The maximum absolute atomic E-state index is 13.7. The summed E-state index contributed by atoms with van der Waals surface area (Å²) < 4.78 is 46.3. The third-order valence-corrected chi connectivity index (χ3v) is 3.58. The van der Waals surface area contributed by atoms with Gasteiger partial charge in [-0.05, 0) is 37.0 Å². The zero-order valence-electron chi connectivity index (χ0n) is 11.1. The van der Waals surface area contributed by atoms with Crippen molar-refractivity contribution in [1.29, 1.82) is 0 Å². The molecule has 1 aromatic carbocycles. The van der Waals surface area contributed by atoms with Crippen LogP contribution in [0.2, 0.25) is 5.02 Å². The third-order valence-electron chi connectivity index (χ3n) is 3.35. The first-order valence-corrected chi connectivity index (χ1v) is 6.83. The summed E-state index contributed by atoms with van der Waals surface area (Å²) in [7, 11) is 0. The van der Waals surface area contributed by atoms with Crippen molar-refractivity contribution in [3.8, 4) is 11.8 Å². The van der Waals surface area contributed by atoms with E-state index >= 15 is 0 Å². The van der Waals surface area contributed by atoms with Gasteiger partial charge in [0.25, 0.3) is 5.60 Å². The van der Waals surface area contributed by atoms with Crippen molar-refractivity contribution < 1.29 is 17.9 Å². The van der Waals surface area contributed by atoms with Crippen LogP contribution in [0.1, 0.15) is 25.3 Å². The van der Waals surface area contributed by atoms with Gasteiger partial charge in [0.05, 0.1) is 5.69 Å². The summed E-state index contributed by atoms with van der Waals surface area (Å²) in [6.07, 6.45) is -3.03. The van der Waals surface area contributed by atoms with Gasteiger partial charge in [-0.3, -0.25) is 0 Å². The Bertz CT molecular complexity index is 682. The van der Waals surface area contributed by atoms with Crippen LogP contribution in [0.3, 0.4) is 0 Å². The number of benzene rings is 1. The Labute approximate surface area is 125 Å². The Balaban J connectivity index is 2.23. The quantitative estimate of drug-likeness (QED) is 0.642. The normalized spacial score (nSPS) is 24.3. The molecule has 21 heavy (non-hydrogen) atoms. The van der Waals surface area contributed by atoms with E-state index in [0.717, 1.165) is 12.8 Å². The minimum absolute atomic E-state index is 0.0228. The van der Waals surface area contributed by atoms with Crippen molar-refractivity contribution in [1.82, 2.24) is 0 Å². The molecule has 1 heterocycles. The van der Waals surface area contributed by atoms with Gasteiger partial charge < -0.3 is 4.74 Å². The number of nitrogens with zero attached hydrogens (tertiary/aromatic N) is 1. The SMILES string of the molecule is CC1=Nc2ccc(Cl)cc2[C@@](C#CC2CC2)(C(F)(F)F)O1. The number of rotatable bonds is 0. The summed E-state index contributed by atoms with van der Waals surface area (Å²) in [5.41, 5.74) is -2.66. The van der Waals surface area contributed by atoms with E-state index in [-0.39, 0.29) is 28.1 Å². The molecule has 0 radical (unpaired) electrons. The predicted octanol–water partition coefficient (Wildman–Crippen LogP) is 4.59. The van der Waals surface area contributed by atoms with E-state index in [1.807, 2.05) is 0 Å². The van der Waals surface area contributed by atoms with Crippen molar-refractivity contribution in [2.45, 2.75) is 31.5 Å². The first-order valence-electron chi connectivity index (χ1n) is 6.45. The maximum Gasteiger partial charge on any atom is 0.445 e. The highest BCUT2D eigenvalue weighted by molar-refractivity contribution is 6.30. The number of hydrogen-bond acceptors (Lipinski definition) is 2. The molecule has 1 fully saturated rings. The minimum atomic E-state index is -4.69. The lowest BCUT2D eigenvalue weighted by molar-refractivity contribution is -0.235. The highest BCUT2D eigenvalue weighted by Gasteiger charge is 2.60. The van der Waals surface area contributed by atoms with Crippen LogP contribution in [0.4, 0.5) is 18.9 Å². The lowest BCUT2D eigenvalue weighted by Crippen LogP contribution is -2.46. The molecule has 0 amide bonds. The molecule has 3 rings (SSSR count). The molecular weight excluding hydrogens is 303 g/mol. The van der Waals surface area contributed by atoms with Crippen molar-refractivity contribution in [2.75, 3.05) is 0 Å². The van der Waals surface area contributed by atoms with Gasteiger partial charge in [-0.2, -0.15) is 13.2 Å². The number of alkyl halides is 3. The fourth-order valence-corrected chi connectivity index (χ4v) is 2.33. The van der Waals surface area contributed by atoms with Crippen LogP contribution in [0, 0.1) is 17.8 Å². The molecule has 0 saturated heterocycles. The number of fused-ring (bicyclic) bond motifs is 1. The molecule has 1 saturated carbocycles. The predicted molar refractivity (Wildman–Crippen MR) is 73.5 cm³/mol. The van der Waals surface area contributed by atoms with E-state index in [2.05, 4.69) is 16.8 Å². The summed E-state index contributed by atoms with van der Waals surface area (Å²) in [6.45, 7) is 1.39. The first kappa shape index (κ1) is 14.3. The molecule has 0 unspecified atom stereocenters. The van der Waals surface area contributed by atoms with Crippen LogP contribution >= 0.6 is 11.6 Å². The largest absolute Gasteiger partial charge is 0.447 e. The van der Waals surface area contributed by atoms with Gasteiger partial charge in [0.15, 0.2) is 5.90 Å². The van der Waals surface area contributed by atoms with Crippen LogP contribution in [-0.2, 0) is 10.3 Å². The Morgan fingerprint density at radius 1 is 1.38 bits per heavy atom. The minimum Gasteiger partial charge on any atom is -0.447 e. The lowest BCUT2D eigenvalue weighted by Gasteiger charge is -2.35. The number of ether oxygens (including phenoxy) is 1. The Morgan fingerprint density at radius 2 is 2.10 bits per heavy atom. The number of halogens is 4. The number of aliphatic imine (C=N–C) groups is 1. The molecule has 0 N–H and O–H groups in total. The molecule has 6 heteroatoms. The van der Waals surface area contributed by atoms with Gasteiger partial charge in [-0.15, -0.1) is 0 Å². The van der Waals surface area contributed by atoms with Crippen LogP contribution in [0.25, 0.3) is 0 Å². The number of hydrogen-bond donors (Lipinski definition) is 0. The van der Waals surface area contributed by atoms with Crippen LogP contribution in [0.5, 0.6) is 0 Å². The molecule has 1 aliphatic heterocycles. The van der Waals surface area contributed by atoms with Gasteiger partial charge in [0, 0.05) is 23.4 Å². The fourth-order valence-electron chi connectivity index (χ4n) is 2.16. The maximum atomic E-state index is 13.7. The summed E-state index contributed by atoms with van der Waals surface area (Å²) in [4.78, 5) is 4.01. The average molecular weight is 314 g/mol. The zero-order chi connectivity index (χ0) is 15.3. The molecule has 0 spiro atoms. The summed E-state index contributed by atoms with van der Waals surface area (Å²) in [5.74, 6) is 4.94. The van der Waals surface area contributed by atoms with Crippen LogP contribution in [-0.4, -0.2) is 12.1 Å². The summed E-state index contributed by atoms with van der Waals surface area (Å²) in [5, 5.41) is 0.189. The van der Waals surface area contributed by atoms with Crippen LogP contribution in [0.15, 0.2) is 23.2 Å². The second kappa shape index (κ2) is 4.67. The van der Waals surface area contributed by atoms with Crippen molar-refractivity contribution in [2.24, 2.45) is 10.9 Å². The Morgan fingerprint density at radius 3 is 2.71 bits per heavy atom. The smallest absolute Gasteiger partial charge is 0.445 e. The molecule has 2 aliphatic rings. The molecule has 1 atom stereocenters. The van der Waals surface area contributed by atoms with Crippen molar-refractivity contribution >= 4 is 23.2 Å². The molecule has 110 valence electrons. The zero-order valence-corrected chi connectivity index (χ0v) is 11.8. The summed E-state index contributed by atoms with van der Waals surface area (Å²) in [6, 6.07) is 4.17. The summed E-state index contributed by atoms with van der Waals surface area (Å²) >= 11 is 5.85. The van der Waals surface area contributed by atoms with Crippen molar-refractivity contribution in [3.05, 3.63) is 28.8 Å². The molecule has 1 aliphatic carbocycles. The fraction of sp³-hybridized carbons (Fsp3) is 0.400. The monoisotopic (exact) mass is 313 g/mol. The van der Waals surface area contributed by atoms with Gasteiger partial charge in [0.2, 0.25) is 0 Å². The Hall–Kier alpha value is -1.67. The van der Waals surface area contributed by atoms with Gasteiger partial charge in [-0.25, -0.2) is 4.99 Å². The second-order valence-corrected chi connectivity index (χ2v) is 5.55. The van der Waals surface area contributed by atoms with E-state index < -0.39 is 11.8 Å². The lowest BCUT2D eigenvalue weighted by atomic mass is 9.90. The van der Waals surface area contributed by atoms with E-state index in [0.29, 0.717) is 0 Å². The van der Waals surface area contributed by atoms with Gasteiger partial charge >= 0.3 is 6.18 Å². The first-order chi connectivity index (χ1) is 9.82. The molecular formula is C15H11ClF3NO.